The molecule has 2 aliphatic heterocycles. The van der Waals surface area contributed by atoms with Crippen molar-refractivity contribution in [2.75, 3.05) is 0 Å². The van der Waals surface area contributed by atoms with Crippen LogP contribution in [0.5, 0.6) is 5.75 Å². The topological polar surface area (TPSA) is 101 Å². The molecule has 2 aliphatic carbocycles. The van der Waals surface area contributed by atoms with Gasteiger partial charge in [0.2, 0.25) is 5.43 Å². The minimum Gasteiger partial charge on any atom is -0.503 e. The second-order valence-corrected chi connectivity index (χ2v) is 9.63. The molecule has 0 spiro atoms. The zero-order chi connectivity index (χ0) is 23.8. The van der Waals surface area contributed by atoms with Gasteiger partial charge in [0.25, 0.3) is 11.8 Å². The molecule has 178 valence electrons. The first-order valence-corrected chi connectivity index (χ1v) is 11.5. The molecule has 2 amide bonds. The summed E-state index contributed by atoms with van der Waals surface area (Å²) < 4.78 is 35.2. The highest BCUT2D eigenvalue weighted by Crippen LogP contribution is 2.46. The van der Waals surface area contributed by atoms with E-state index in [-0.39, 0.29) is 35.5 Å². The van der Waals surface area contributed by atoms with Gasteiger partial charge in [-0.3, -0.25) is 14.4 Å². The van der Waals surface area contributed by atoms with Crippen LogP contribution in [0.2, 0.25) is 0 Å². The zero-order valence-electron chi connectivity index (χ0n) is 18.2. The summed E-state index contributed by atoms with van der Waals surface area (Å²) in [5, 5.41) is 13.3. The van der Waals surface area contributed by atoms with Crippen LogP contribution in [0.4, 0.5) is 8.78 Å². The van der Waals surface area contributed by atoms with Gasteiger partial charge in [0.05, 0.1) is 18.2 Å². The highest BCUT2D eigenvalue weighted by Gasteiger charge is 2.49. The molecular formula is C24H23F2N3O5. The predicted octanol–water partition coefficient (Wildman–Crippen LogP) is 2.37. The average Bonchev–Trinajstić information content (AvgIpc) is 3.55. The Kier molecular flexibility index (Phi) is 4.61. The van der Waals surface area contributed by atoms with Crippen molar-refractivity contribution in [1.29, 1.82) is 0 Å². The van der Waals surface area contributed by atoms with Crippen LogP contribution in [0.25, 0.3) is 0 Å². The lowest BCUT2D eigenvalue weighted by Crippen LogP contribution is -2.61. The SMILES string of the molecule is O=C(NC1(c2ccc(F)cc2F)CC1)c1cn2c(c(O)c1=O)C(=O)N1[C@@H]3CCC[C@@H](C3)O[C@H]1C2. The van der Waals surface area contributed by atoms with E-state index in [4.69, 9.17) is 4.74 Å². The smallest absolute Gasteiger partial charge is 0.276 e. The van der Waals surface area contributed by atoms with Gasteiger partial charge < -0.3 is 24.6 Å². The van der Waals surface area contributed by atoms with E-state index in [1.54, 1.807) is 4.90 Å². The summed E-state index contributed by atoms with van der Waals surface area (Å²) in [5.41, 5.74) is -2.39. The Hall–Kier alpha value is -3.27. The summed E-state index contributed by atoms with van der Waals surface area (Å²) in [7, 11) is 0. The molecule has 10 heteroatoms. The number of hydrogen-bond donors (Lipinski definition) is 2. The lowest BCUT2D eigenvalue weighted by Gasteiger charge is -2.50. The van der Waals surface area contributed by atoms with Crippen molar-refractivity contribution in [3.8, 4) is 5.75 Å². The number of ether oxygens (including phenoxy) is 1. The van der Waals surface area contributed by atoms with Crippen LogP contribution >= 0.6 is 0 Å². The number of nitrogens with zero attached hydrogens (tertiary/aromatic N) is 2. The molecule has 6 rings (SSSR count). The molecule has 0 unspecified atom stereocenters. The summed E-state index contributed by atoms with van der Waals surface area (Å²) in [6.45, 7) is 0.180. The summed E-state index contributed by atoms with van der Waals surface area (Å²) >= 11 is 0. The maximum absolute atomic E-state index is 14.4. The lowest BCUT2D eigenvalue weighted by atomic mass is 9.89. The number of aromatic nitrogens is 1. The quantitative estimate of drug-likeness (QED) is 0.716. The number of nitrogens with one attached hydrogen (secondary N) is 1. The van der Waals surface area contributed by atoms with Crippen LogP contribution in [-0.4, -0.2) is 44.8 Å². The van der Waals surface area contributed by atoms with Gasteiger partial charge in [-0.2, -0.15) is 0 Å². The number of aromatic hydroxyl groups is 1. The van der Waals surface area contributed by atoms with Crippen LogP contribution in [-0.2, 0) is 16.8 Å². The first kappa shape index (κ1) is 21.3. The van der Waals surface area contributed by atoms with Crippen LogP contribution in [0.3, 0.4) is 0 Å². The van der Waals surface area contributed by atoms with Crippen LogP contribution in [0, 0.1) is 11.6 Å². The molecular weight excluding hydrogens is 448 g/mol. The van der Waals surface area contributed by atoms with E-state index in [2.05, 4.69) is 5.32 Å². The van der Waals surface area contributed by atoms with Gasteiger partial charge in [-0.1, -0.05) is 6.07 Å². The average molecular weight is 471 g/mol. The van der Waals surface area contributed by atoms with Gasteiger partial charge in [-0.05, 0) is 44.6 Å². The highest BCUT2D eigenvalue weighted by atomic mass is 19.1. The zero-order valence-corrected chi connectivity index (χ0v) is 18.2. The van der Waals surface area contributed by atoms with E-state index < -0.39 is 46.4 Å². The number of carbonyl (C=O) groups is 2. The molecule has 2 bridgehead atoms. The van der Waals surface area contributed by atoms with E-state index in [0.29, 0.717) is 12.8 Å². The fraction of sp³-hybridized carbons (Fsp3) is 0.458. The number of hydrogen-bond acceptors (Lipinski definition) is 5. The van der Waals surface area contributed by atoms with E-state index in [9.17, 15) is 28.3 Å². The third kappa shape index (κ3) is 3.15. The normalized spacial score (nSPS) is 26.5. The third-order valence-corrected chi connectivity index (χ3v) is 7.49. The molecule has 2 saturated carbocycles. The van der Waals surface area contributed by atoms with Crippen LogP contribution in [0.15, 0.2) is 29.2 Å². The Balaban J connectivity index is 1.33. The number of fused-ring (bicyclic) bond motifs is 5. The molecule has 4 aliphatic rings. The Bertz CT molecular complexity index is 1290. The maximum atomic E-state index is 14.4. The summed E-state index contributed by atoms with van der Waals surface area (Å²) in [5.74, 6) is -3.59. The number of rotatable bonds is 3. The second-order valence-electron chi connectivity index (χ2n) is 9.63. The van der Waals surface area contributed by atoms with Crippen molar-refractivity contribution in [3.05, 3.63) is 63.1 Å². The lowest BCUT2D eigenvalue weighted by molar-refractivity contribution is -0.170. The number of pyridine rings is 1. The molecule has 8 nitrogen and oxygen atoms in total. The molecule has 34 heavy (non-hydrogen) atoms. The van der Waals surface area contributed by atoms with Crippen molar-refractivity contribution in [3.63, 3.8) is 0 Å². The molecule has 1 saturated heterocycles. The monoisotopic (exact) mass is 471 g/mol. The van der Waals surface area contributed by atoms with Crippen molar-refractivity contribution >= 4 is 11.8 Å². The summed E-state index contributed by atoms with van der Waals surface area (Å²) in [4.78, 5) is 40.8. The largest absolute Gasteiger partial charge is 0.503 e. The first-order chi connectivity index (χ1) is 16.3. The molecule has 3 fully saturated rings. The Morgan fingerprint density at radius 2 is 2.00 bits per heavy atom. The molecule has 2 N–H and O–H groups in total. The predicted molar refractivity (Wildman–Crippen MR) is 114 cm³/mol. The standard InChI is InChI=1S/C24H23F2N3O5/c25-12-4-5-16(17(26)8-12)24(6-7-24)27-22(32)15-10-28-11-18-29(13-2-1-3-14(9-13)34-18)23(33)19(28)21(31)20(15)30/h4-5,8,10,13-14,18,31H,1-3,6-7,9,11H2,(H,27,32)/t13-,14+,18+/m1/s1. The Morgan fingerprint density at radius 3 is 2.74 bits per heavy atom. The van der Waals surface area contributed by atoms with Gasteiger partial charge in [0, 0.05) is 23.9 Å². The van der Waals surface area contributed by atoms with E-state index >= 15 is 0 Å². The van der Waals surface area contributed by atoms with Crippen molar-refractivity contribution in [1.82, 2.24) is 14.8 Å². The van der Waals surface area contributed by atoms with Crippen molar-refractivity contribution < 1.29 is 28.2 Å². The van der Waals surface area contributed by atoms with Crippen molar-refractivity contribution in [2.45, 2.75) is 69.0 Å². The highest BCUT2D eigenvalue weighted by molar-refractivity contribution is 5.99. The summed E-state index contributed by atoms with van der Waals surface area (Å²) in [6.07, 6.45) is 5.07. The molecule has 1 aromatic carbocycles. The van der Waals surface area contributed by atoms with Gasteiger partial charge in [0.1, 0.15) is 17.2 Å². The Labute approximate surface area is 193 Å². The molecule has 0 radical (unpaired) electrons. The fourth-order valence-electron chi connectivity index (χ4n) is 5.67. The fourth-order valence-corrected chi connectivity index (χ4v) is 5.67. The molecule has 1 aromatic heterocycles. The first-order valence-electron chi connectivity index (χ1n) is 11.5. The third-order valence-electron chi connectivity index (χ3n) is 7.49. The van der Waals surface area contributed by atoms with Gasteiger partial charge in [-0.25, -0.2) is 8.78 Å². The number of halogens is 2. The van der Waals surface area contributed by atoms with Crippen molar-refractivity contribution in [2.24, 2.45) is 0 Å². The summed E-state index contributed by atoms with van der Waals surface area (Å²) in [6, 6.07) is 3.13. The molecule has 3 atom stereocenters. The Morgan fingerprint density at radius 1 is 1.21 bits per heavy atom. The van der Waals surface area contributed by atoms with Crippen LogP contribution < -0.4 is 10.7 Å². The second kappa shape index (κ2) is 7.36. The number of amides is 2. The number of benzene rings is 1. The van der Waals surface area contributed by atoms with Gasteiger partial charge >= 0.3 is 0 Å². The van der Waals surface area contributed by atoms with E-state index in [1.165, 1.54) is 16.8 Å². The molecule has 3 heterocycles. The number of carbonyl (C=O) groups excluding carboxylic acids is 2. The van der Waals surface area contributed by atoms with Gasteiger partial charge in [-0.15, -0.1) is 0 Å². The van der Waals surface area contributed by atoms with E-state index in [0.717, 1.165) is 37.8 Å². The minimum absolute atomic E-state index is 0.00319. The molecule has 2 aromatic rings. The maximum Gasteiger partial charge on any atom is 0.276 e. The van der Waals surface area contributed by atoms with Gasteiger partial charge in [0.15, 0.2) is 17.7 Å². The van der Waals surface area contributed by atoms with E-state index in [1.807, 2.05) is 0 Å². The van der Waals surface area contributed by atoms with Crippen LogP contribution in [0.1, 0.15) is 64.9 Å². The minimum atomic E-state index is -1.05.